The lowest BCUT2D eigenvalue weighted by atomic mass is 10.0. The van der Waals surface area contributed by atoms with Crippen LogP contribution in [0.25, 0.3) is 21.7 Å². The van der Waals surface area contributed by atoms with E-state index in [0.717, 1.165) is 4.90 Å². The third-order valence-electron chi connectivity index (χ3n) is 4.81. The lowest BCUT2D eigenvalue weighted by Crippen LogP contribution is -2.49. The van der Waals surface area contributed by atoms with Crippen molar-refractivity contribution < 1.29 is 18.7 Å². The Kier molecular flexibility index (Phi) is 4.14. The number of hydrogen-bond donors (Lipinski definition) is 3. The Morgan fingerprint density at radius 3 is 2.89 bits per heavy atom. The average Bonchev–Trinajstić information content (AvgIpc) is 2.63. The smallest absolute Gasteiger partial charge is 0.407 e. The Bertz CT molecular complexity index is 1100. The number of anilines is 1. The van der Waals surface area contributed by atoms with Gasteiger partial charge in [-0.3, -0.25) is 4.79 Å². The molecule has 4 rings (SSSR count). The molecular formula is C18H16F2N4O3. The molecule has 1 aliphatic heterocycles. The Labute approximate surface area is 151 Å². The molecule has 1 amide bonds. The van der Waals surface area contributed by atoms with Crippen molar-refractivity contribution in [1.82, 2.24) is 14.9 Å². The molecule has 3 heterocycles. The molecule has 7 nitrogen and oxygen atoms in total. The molecule has 0 aliphatic carbocycles. The molecule has 2 aromatic heterocycles. The number of hydrogen-bond acceptors (Lipinski definition) is 4. The van der Waals surface area contributed by atoms with E-state index in [4.69, 9.17) is 5.11 Å². The van der Waals surface area contributed by atoms with Gasteiger partial charge in [0.1, 0.15) is 17.8 Å². The maximum Gasteiger partial charge on any atom is 0.407 e. The number of rotatable bonds is 2. The largest absolute Gasteiger partial charge is 0.465 e. The lowest BCUT2D eigenvalue weighted by Gasteiger charge is -2.33. The number of benzene rings is 1. The number of aromatic nitrogens is 2. The number of halogens is 2. The van der Waals surface area contributed by atoms with Crippen LogP contribution in [0.5, 0.6) is 0 Å². The van der Waals surface area contributed by atoms with Gasteiger partial charge in [-0.1, -0.05) is 0 Å². The van der Waals surface area contributed by atoms with Gasteiger partial charge < -0.3 is 20.3 Å². The summed E-state index contributed by atoms with van der Waals surface area (Å²) in [6.45, 7) is -0.0277. The van der Waals surface area contributed by atoms with Crippen LogP contribution in [-0.4, -0.2) is 51.4 Å². The number of amides is 1. The molecule has 1 saturated heterocycles. The van der Waals surface area contributed by atoms with Crippen molar-refractivity contribution in [2.24, 2.45) is 0 Å². The molecule has 0 saturated carbocycles. The number of alkyl halides is 1. The number of pyridine rings is 2. The maximum atomic E-state index is 14.5. The summed E-state index contributed by atoms with van der Waals surface area (Å²) in [5, 5.41) is 13.2. The molecule has 3 N–H and O–H groups in total. The zero-order valence-corrected chi connectivity index (χ0v) is 14.1. The first-order valence-corrected chi connectivity index (χ1v) is 8.43. The summed E-state index contributed by atoms with van der Waals surface area (Å²) in [5.74, 6) is -0.165. The number of carbonyl (C=O) groups is 1. The van der Waals surface area contributed by atoms with Crippen LogP contribution < -0.4 is 10.9 Å². The van der Waals surface area contributed by atoms with Gasteiger partial charge in [0.05, 0.1) is 23.5 Å². The standard InChI is InChI=1S/C18H16F2N4O3/c19-9-1-2-10-11(7-9)15-14(3-5-21-17(15)25)23-16(10)22-13-4-6-24(18(26)27)8-12(13)20/h1-3,5,7,12-13H,4,6,8H2,(H,21,25)(H,22,23)(H,26,27)/t12-,13-/m1/s1. The highest BCUT2D eigenvalue weighted by Gasteiger charge is 2.32. The number of nitrogens with one attached hydrogen (secondary N) is 2. The van der Waals surface area contributed by atoms with E-state index < -0.39 is 24.1 Å². The van der Waals surface area contributed by atoms with Gasteiger partial charge >= 0.3 is 6.09 Å². The molecule has 0 radical (unpaired) electrons. The third-order valence-corrected chi connectivity index (χ3v) is 4.81. The molecule has 140 valence electrons. The molecule has 1 aromatic carbocycles. The Balaban J connectivity index is 1.78. The van der Waals surface area contributed by atoms with Crippen LogP contribution in [0.1, 0.15) is 6.42 Å². The summed E-state index contributed by atoms with van der Waals surface area (Å²) in [5.41, 5.74) is -0.0296. The highest BCUT2D eigenvalue weighted by molar-refractivity contribution is 6.09. The molecule has 1 aliphatic rings. The van der Waals surface area contributed by atoms with Gasteiger partial charge in [-0.25, -0.2) is 18.6 Å². The normalized spacial score (nSPS) is 20.1. The summed E-state index contributed by atoms with van der Waals surface area (Å²) in [6, 6.07) is 4.94. The molecule has 3 aromatic rings. The van der Waals surface area contributed by atoms with Crippen molar-refractivity contribution >= 4 is 33.6 Å². The van der Waals surface area contributed by atoms with Gasteiger partial charge in [-0.15, -0.1) is 0 Å². The number of likely N-dealkylation sites (tertiary alicyclic amines) is 1. The predicted molar refractivity (Wildman–Crippen MR) is 96.3 cm³/mol. The first kappa shape index (κ1) is 17.2. The fourth-order valence-corrected chi connectivity index (χ4v) is 3.46. The SMILES string of the molecule is O=C(O)N1CC[C@@H](Nc2nc3cc[nH]c(=O)c3c3cc(F)ccc23)[C@H](F)C1. The number of aromatic amines is 1. The van der Waals surface area contributed by atoms with Crippen molar-refractivity contribution in [3.05, 3.63) is 46.6 Å². The minimum atomic E-state index is -1.41. The molecule has 27 heavy (non-hydrogen) atoms. The molecule has 0 unspecified atom stereocenters. The van der Waals surface area contributed by atoms with Crippen molar-refractivity contribution in [1.29, 1.82) is 0 Å². The van der Waals surface area contributed by atoms with E-state index in [1.807, 2.05) is 0 Å². The zero-order chi connectivity index (χ0) is 19.1. The van der Waals surface area contributed by atoms with Gasteiger partial charge in [0.25, 0.3) is 5.56 Å². The first-order valence-electron chi connectivity index (χ1n) is 8.43. The summed E-state index contributed by atoms with van der Waals surface area (Å²) >= 11 is 0. The second kappa shape index (κ2) is 6.49. The van der Waals surface area contributed by atoms with Crippen LogP contribution in [0.2, 0.25) is 0 Å². The minimum Gasteiger partial charge on any atom is -0.465 e. The Morgan fingerprint density at radius 2 is 2.15 bits per heavy atom. The monoisotopic (exact) mass is 374 g/mol. The molecule has 9 heteroatoms. The number of carboxylic acid groups (broad SMARTS) is 1. The Hall–Kier alpha value is -3.23. The van der Waals surface area contributed by atoms with E-state index in [2.05, 4.69) is 15.3 Å². The summed E-state index contributed by atoms with van der Waals surface area (Å²) in [7, 11) is 0. The second-order valence-corrected chi connectivity index (χ2v) is 6.50. The number of H-pyrrole nitrogens is 1. The molecular weight excluding hydrogens is 358 g/mol. The van der Waals surface area contributed by atoms with E-state index in [1.54, 1.807) is 6.07 Å². The van der Waals surface area contributed by atoms with E-state index in [9.17, 15) is 18.4 Å². The van der Waals surface area contributed by atoms with Gasteiger partial charge in [-0.2, -0.15) is 0 Å². The van der Waals surface area contributed by atoms with E-state index in [1.165, 1.54) is 24.4 Å². The molecule has 1 fully saturated rings. The Morgan fingerprint density at radius 1 is 1.33 bits per heavy atom. The van der Waals surface area contributed by atoms with Gasteiger partial charge in [0, 0.05) is 23.5 Å². The van der Waals surface area contributed by atoms with E-state index in [0.29, 0.717) is 22.1 Å². The van der Waals surface area contributed by atoms with Crippen LogP contribution in [0.3, 0.4) is 0 Å². The van der Waals surface area contributed by atoms with Crippen molar-refractivity contribution in [2.45, 2.75) is 18.6 Å². The van der Waals surface area contributed by atoms with Gasteiger partial charge in [0.2, 0.25) is 0 Å². The summed E-state index contributed by atoms with van der Waals surface area (Å²) < 4.78 is 28.3. The third kappa shape index (κ3) is 3.05. The second-order valence-electron chi connectivity index (χ2n) is 6.50. The number of fused-ring (bicyclic) bond motifs is 3. The number of piperidine rings is 1. The predicted octanol–water partition coefficient (Wildman–Crippen LogP) is 2.72. The van der Waals surface area contributed by atoms with Crippen molar-refractivity contribution in [3.63, 3.8) is 0 Å². The molecule has 0 bridgehead atoms. The molecule has 0 spiro atoms. The summed E-state index contributed by atoms with van der Waals surface area (Å²) in [4.78, 5) is 31.2. The fourth-order valence-electron chi connectivity index (χ4n) is 3.46. The van der Waals surface area contributed by atoms with Gasteiger partial charge in [-0.05, 0) is 30.7 Å². The topological polar surface area (TPSA) is 98.3 Å². The average molecular weight is 374 g/mol. The van der Waals surface area contributed by atoms with E-state index >= 15 is 0 Å². The highest BCUT2D eigenvalue weighted by Crippen LogP contribution is 2.30. The quantitative estimate of drug-likeness (QED) is 0.599. The molecule has 2 atom stereocenters. The van der Waals surface area contributed by atoms with Crippen LogP contribution in [0.4, 0.5) is 19.4 Å². The zero-order valence-electron chi connectivity index (χ0n) is 14.1. The van der Waals surface area contributed by atoms with Crippen LogP contribution in [0, 0.1) is 5.82 Å². The van der Waals surface area contributed by atoms with Crippen LogP contribution >= 0.6 is 0 Å². The maximum absolute atomic E-state index is 14.5. The fraction of sp³-hybridized carbons (Fsp3) is 0.278. The minimum absolute atomic E-state index is 0.202. The van der Waals surface area contributed by atoms with Crippen molar-refractivity contribution in [2.75, 3.05) is 18.4 Å². The van der Waals surface area contributed by atoms with Gasteiger partial charge in [0.15, 0.2) is 0 Å². The van der Waals surface area contributed by atoms with Crippen molar-refractivity contribution in [3.8, 4) is 0 Å². The van der Waals surface area contributed by atoms with Crippen LogP contribution in [0.15, 0.2) is 35.3 Å². The summed E-state index contributed by atoms with van der Waals surface area (Å²) in [6.07, 6.45) is -0.858. The number of nitrogens with zero attached hydrogens (tertiary/aromatic N) is 2. The first-order chi connectivity index (χ1) is 12.9. The highest BCUT2D eigenvalue weighted by atomic mass is 19.1. The van der Waals surface area contributed by atoms with Crippen LogP contribution in [-0.2, 0) is 0 Å². The lowest BCUT2D eigenvalue weighted by molar-refractivity contribution is 0.101. The van der Waals surface area contributed by atoms with E-state index in [-0.39, 0.29) is 30.5 Å².